The molecule has 6 heteroatoms. The van der Waals surface area contributed by atoms with E-state index < -0.39 is 0 Å². The zero-order valence-corrected chi connectivity index (χ0v) is 12.1. The minimum absolute atomic E-state index is 0.0653. The van der Waals surface area contributed by atoms with Gasteiger partial charge in [-0.15, -0.1) is 0 Å². The number of halogens is 1. The van der Waals surface area contributed by atoms with E-state index in [1.165, 1.54) is 0 Å². The molecule has 1 aromatic heterocycles. The molecule has 100 valence electrons. The van der Waals surface area contributed by atoms with Crippen LogP contribution in [0.2, 0.25) is 0 Å². The van der Waals surface area contributed by atoms with Crippen LogP contribution >= 0.6 is 15.9 Å². The fraction of sp³-hybridized carbons (Fsp3) is 0.231. The molecule has 0 aliphatic heterocycles. The molecule has 0 fully saturated rings. The van der Waals surface area contributed by atoms with E-state index in [1.54, 1.807) is 24.1 Å². The summed E-state index contributed by atoms with van der Waals surface area (Å²) in [6, 6.07) is 7.26. The van der Waals surface area contributed by atoms with Gasteiger partial charge < -0.3 is 10.1 Å². The number of amides is 1. The number of aryl methyl sites for hydroxylation is 1. The summed E-state index contributed by atoms with van der Waals surface area (Å²) in [5, 5.41) is 6.89. The maximum atomic E-state index is 11.8. The Kier molecular flexibility index (Phi) is 4.57. The van der Waals surface area contributed by atoms with E-state index in [9.17, 15) is 4.79 Å². The molecule has 2 rings (SSSR count). The zero-order chi connectivity index (χ0) is 13.7. The molecule has 0 spiro atoms. The molecule has 0 aliphatic carbocycles. The third-order valence-electron chi connectivity index (χ3n) is 2.57. The van der Waals surface area contributed by atoms with Crippen molar-refractivity contribution in [3.8, 4) is 5.75 Å². The molecule has 0 saturated heterocycles. The van der Waals surface area contributed by atoms with Gasteiger partial charge in [-0.3, -0.25) is 9.48 Å². The molecule has 2 aromatic rings. The van der Waals surface area contributed by atoms with Crippen LogP contribution in [0.4, 0.5) is 5.69 Å². The first-order valence-electron chi connectivity index (χ1n) is 5.80. The van der Waals surface area contributed by atoms with E-state index >= 15 is 0 Å². The van der Waals surface area contributed by atoms with Crippen molar-refractivity contribution in [2.24, 2.45) is 0 Å². The van der Waals surface area contributed by atoms with E-state index in [4.69, 9.17) is 4.74 Å². The number of nitrogens with zero attached hydrogens (tertiary/aromatic N) is 2. The normalized spacial score (nSPS) is 10.2. The number of benzene rings is 1. The van der Waals surface area contributed by atoms with Gasteiger partial charge in [0.1, 0.15) is 5.75 Å². The zero-order valence-electron chi connectivity index (χ0n) is 10.5. The lowest BCUT2D eigenvalue weighted by Gasteiger charge is -2.09. The molecule has 0 aliphatic rings. The summed E-state index contributed by atoms with van der Waals surface area (Å²) in [6.07, 6.45) is 3.89. The standard InChI is InChI=1S/C13H14BrN3O2/c1-19-10-3-4-11(14)12(9-10)16-13(18)5-8-17-7-2-6-15-17/h2-4,6-7,9H,5,8H2,1H3,(H,16,18). The fourth-order valence-electron chi connectivity index (χ4n) is 1.59. The molecule has 1 aromatic carbocycles. The van der Waals surface area contributed by atoms with Crippen molar-refractivity contribution in [1.29, 1.82) is 0 Å². The first kappa shape index (κ1) is 13.6. The average molecular weight is 324 g/mol. The molecule has 0 radical (unpaired) electrons. The molecule has 0 saturated carbocycles. The number of rotatable bonds is 5. The summed E-state index contributed by atoms with van der Waals surface area (Å²) < 4.78 is 7.67. The van der Waals surface area contributed by atoms with Crippen LogP contribution in [0.3, 0.4) is 0 Å². The van der Waals surface area contributed by atoms with Crippen molar-refractivity contribution in [2.45, 2.75) is 13.0 Å². The van der Waals surface area contributed by atoms with Crippen LogP contribution in [0.25, 0.3) is 0 Å². The smallest absolute Gasteiger partial charge is 0.226 e. The number of hydrogen-bond acceptors (Lipinski definition) is 3. The molecule has 1 N–H and O–H groups in total. The highest BCUT2D eigenvalue weighted by Gasteiger charge is 2.07. The van der Waals surface area contributed by atoms with Crippen LogP contribution in [0, 0.1) is 0 Å². The van der Waals surface area contributed by atoms with Crippen molar-refractivity contribution in [2.75, 3.05) is 12.4 Å². The Morgan fingerprint density at radius 1 is 1.53 bits per heavy atom. The fourth-order valence-corrected chi connectivity index (χ4v) is 1.93. The highest BCUT2D eigenvalue weighted by atomic mass is 79.9. The Labute approximate surface area is 119 Å². The van der Waals surface area contributed by atoms with Crippen molar-refractivity contribution in [3.05, 3.63) is 41.1 Å². The lowest BCUT2D eigenvalue weighted by Crippen LogP contribution is -2.15. The van der Waals surface area contributed by atoms with Gasteiger partial charge in [0.2, 0.25) is 5.91 Å². The van der Waals surface area contributed by atoms with Gasteiger partial charge in [0.15, 0.2) is 0 Å². The Morgan fingerprint density at radius 3 is 3.05 bits per heavy atom. The van der Waals surface area contributed by atoms with Crippen LogP contribution in [0.15, 0.2) is 41.1 Å². The van der Waals surface area contributed by atoms with Crippen molar-refractivity contribution in [3.63, 3.8) is 0 Å². The molecule has 0 unspecified atom stereocenters. The molecule has 0 atom stereocenters. The number of nitrogens with one attached hydrogen (secondary N) is 1. The van der Waals surface area contributed by atoms with E-state index in [2.05, 4.69) is 26.3 Å². The largest absolute Gasteiger partial charge is 0.497 e. The highest BCUT2D eigenvalue weighted by molar-refractivity contribution is 9.10. The summed E-state index contributed by atoms with van der Waals surface area (Å²) in [6.45, 7) is 0.556. The van der Waals surface area contributed by atoms with Crippen LogP contribution < -0.4 is 10.1 Å². The van der Waals surface area contributed by atoms with Crippen molar-refractivity contribution in [1.82, 2.24) is 9.78 Å². The lowest BCUT2D eigenvalue weighted by atomic mass is 10.3. The second-order valence-electron chi connectivity index (χ2n) is 3.91. The van der Waals surface area contributed by atoms with E-state index in [0.29, 0.717) is 24.4 Å². The summed E-state index contributed by atoms with van der Waals surface area (Å²) in [7, 11) is 1.59. The number of methoxy groups -OCH3 is 1. The minimum Gasteiger partial charge on any atom is -0.497 e. The van der Waals surface area contributed by atoms with E-state index in [-0.39, 0.29) is 5.91 Å². The molecule has 5 nitrogen and oxygen atoms in total. The van der Waals surface area contributed by atoms with Gasteiger partial charge in [-0.25, -0.2) is 0 Å². The maximum Gasteiger partial charge on any atom is 0.226 e. The number of carbonyl (C=O) groups excluding carboxylic acids is 1. The predicted molar refractivity (Wildman–Crippen MR) is 76.2 cm³/mol. The first-order chi connectivity index (χ1) is 9.19. The molecular weight excluding hydrogens is 310 g/mol. The summed E-state index contributed by atoms with van der Waals surface area (Å²) in [5.41, 5.74) is 0.699. The first-order valence-corrected chi connectivity index (χ1v) is 6.59. The van der Waals surface area contributed by atoms with E-state index in [0.717, 1.165) is 4.47 Å². The molecular formula is C13H14BrN3O2. The molecule has 0 bridgehead atoms. The SMILES string of the molecule is COc1ccc(Br)c(NC(=O)CCn2cccn2)c1. The van der Waals surface area contributed by atoms with Gasteiger partial charge in [0.25, 0.3) is 0 Å². The number of hydrogen-bond donors (Lipinski definition) is 1. The van der Waals surface area contributed by atoms with Crippen LogP contribution in [-0.2, 0) is 11.3 Å². The Hall–Kier alpha value is -1.82. The van der Waals surface area contributed by atoms with Crippen molar-refractivity contribution < 1.29 is 9.53 Å². The van der Waals surface area contributed by atoms with Crippen LogP contribution in [-0.4, -0.2) is 22.8 Å². The third-order valence-corrected chi connectivity index (χ3v) is 3.27. The van der Waals surface area contributed by atoms with Gasteiger partial charge >= 0.3 is 0 Å². The van der Waals surface area contributed by atoms with Crippen LogP contribution in [0.5, 0.6) is 5.75 Å². The second kappa shape index (κ2) is 6.38. The average Bonchev–Trinajstić information content (AvgIpc) is 2.92. The summed E-state index contributed by atoms with van der Waals surface area (Å²) in [5.74, 6) is 0.634. The van der Waals surface area contributed by atoms with Gasteiger partial charge in [-0.05, 0) is 34.1 Å². The van der Waals surface area contributed by atoms with Gasteiger partial charge in [0.05, 0.1) is 12.8 Å². The third kappa shape index (κ3) is 3.82. The number of ether oxygens (including phenoxy) is 1. The van der Waals surface area contributed by atoms with E-state index in [1.807, 2.05) is 24.4 Å². The van der Waals surface area contributed by atoms with Crippen molar-refractivity contribution >= 4 is 27.5 Å². The molecule has 1 amide bonds. The predicted octanol–water partition coefficient (Wildman–Crippen LogP) is 2.68. The Morgan fingerprint density at radius 2 is 2.37 bits per heavy atom. The lowest BCUT2D eigenvalue weighted by molar-refractivity contribution is -0.116. The van der Waals surface area contributed by atoms with Gasteiger partial charge in [-0.2, -0.15) is 5.10 Å². The molecule has 1 heterocycles. The Balaban J connectivity index is 1.94. The van der Waals surface area contributed by atoms with Crippen LogP contribution in [0.1, 0.15) is 6.42 Å². The quantitative estimate of drug-likeness (QED) is 0.920. The number of anilines is 1. The minimum atomic E-state index is -0.0653. The maximum absolute atomic E-state index is 11.8. The Bertz CT molecular complexity index is 555. The topological polar surface area (TPSA) is 56.1 Å². The second-order valence-corrected chi connectivity index (χ2v) is 4.77. The summed E-state index contributed by atoms with van der Waals surface area (Å²) in [4.78, 5) is 11.8. The number of aromatic nitrogens is 2. The van der Waals surface area contributed by atoms with Gasteiger partial charge in [0, 0.05) is 35.9 Å². The van der Waals surface area contributed by atoms with Gasteiger partial charge in [-0.1, -0.05) is 0 Å². The highest BCUT2D eigenvalue weighted by Crippen LogP contribution is 2.27. The number of carbonyl (C=O) groups is 1. The summed E-state index contributed by atoms with van der Waals surface area (Å²) >= 11 is 3.39. The molecule has 19 heavy (non-hydrogen) atoms. The monoisotopic (exact) mass is 323 g/mol.